The molecule has 2 aliphatic heterocycles. The second kappa shape index (κ2) is 11.4. The topological polar surface area (TPSA) is 62.7 Å². The fourth-order valence-electron chi connectivity index (χ4n) is 7.28. The largest absolute Gasteiger partial charge is 0.485 e. The van der Waals surface area contributed by atoms with Crippen LogP contribution in [0.25, 0.3) is 11.1 Å². The Bertz CT molecular complexity index is 1480. The van der Waals surface area contributed by atoms with E-state index in [2.05, 4.69) is 60.1 Å². The van der Waals surface area contributed by atoms with E-state index in [4.69, 9.17) is 4.74 Å². The molecule has 0 amide bonds. The van der Waals surface area contributed by atoms with Crippen molar-refractivity contribution in [2.75, 3.05) is 13.1 Å². The maximum Gasteiger partial charge on any atom is 0.306 e. The molecule has 2 fully saturated rings. The fourth-order valence-corrected chi connectivity index (χ4v) is 7.28. The number of hydrogen-bond acceptors (Lipinski definition) is 4. The summed E-state index contributed by atoms with van der Waals surface area (Å²) in [6.45, 7) is 11.2. The molecule has 3 heterocycles. The SMILES string of the molecule is Cc1cc(-c2ccc(C3CCc4ccc([C@H](C5CC5)[C@H](C)C(=O)O)cc4O3)cc2CN2CCCC(C)(C)C2)c(F)cn1. The van der Waals surface area contributed by atoms with Gasteiger partial charge in [-0.1, -0.05) is 51.1 Å². The molecule has 1 saturated heterocycles. The zero-order chi connectivity index (χ0) is 29.6. The lowest BCUT2D eigenvalue weighted by molar-refractivity contribution is -0.142. The van der Waals surface area contributed by atoms with Crippen LogP contribution in [0.15, 0.2) is 48.7 Å². The highest BCUT2D eigenvalue weighted by Gasteiger charge is 2.39. The lowest BCUT2D eigenvalue weighted by Crippen LogP contribution is -2.39. The third-order valence-electron chi connectivity index (χ3n) is 9.64. The number of nitrogens with zero attached hydrogens (tertiary/aromatic N) is 2. The van der Waals surface area contributed by atoms with E-state index in [1.54, 1.807) is 0 Å². The van der Waals surface area contributed by atoms with Crippen LogP contribution in [0.5, 0.6) is 5.75 Å². The number of halogens is 1. The van der Waals surface area contributed by atoms with Crippen LogP contribution in [0, 0.1) is 30.0 Å². The molecule has 1 aromatic heterocycles. The standard InChI is InChI=1S/C36H43FN2O3/c1-22-16-30(31(37)19-38-22)29-12-10-26(17-28(29)20-39-15-5-14-36(3,4)21-39)32-13-11-24-6-9-27(18-33(24)42-32)34(25-7-8-25)23(2)35(40)41/h6,9-10,12,16-19,23,25,32,34H,5,7-8,11,13-15,20-21H2,1-4H3,(H,40,41)/t23-,32?,34-/m0/s1. The molecule has 0 bridgehead atoms. The van der Waals surface area contributed by atoms with Gasteiger partial charge < -0.3 is 9.84 Å². The number of hydrogen-bond donors (Lipinski definition) is 1. The van der Waals surface area contributed by atoms with Gasteiger partial charge in [0.2, 0.25) is 0 Å². The van der Waals surface area contributed by atoms with Crippen LogP contribution in [0.2, 0.25) is 0 Å². The number of carboxylic acids is 1. The number of ether oxygens (including phenoxy) is 1. The van der Waals surface area contributed by atoms with Crippen LogP contribution in [-0.4, -0.2) is 34.0 Å². The van der Waals surface area contributed by atoms with Crippen molar-refractivity contribution in [2.24, 2.45) is 17.3 Å². The Morgan fingerprint density at radius 2 is 1.95 bits per heavy atom. The van der Waals surface area contributed by atoms with E-state index < -0.39 is 11.9 Å². The number of rotatable bonds is 8. The first kappa shape index (κ1) is 28.9. The Morgan fingerprint density at radius 1 is 1.14 bits per heavy atom. The Morgan fingerprint density at radius 3 is 2.69 bits per heavy atom. The summed E-state index contributed by atoms with van der Waals surface area (Å²) in [6.07, 6.45) is 7.54. The van der Waals surface area contributed by atoms with Crippen LogP contribution in [-0.2, 0) is 17.8 Å². The summed E-state index contributed by atoms with van der Waals surface area (Å²) < 4.78 is 21.8. The normalized spacial score (nSPS) is 21.7. The zero-order valence-corrected chi connectivity index (χ0v) is 25.3. The molecule has 222 valence electrons. The Hall–Kier alpha value is -3.25. The van der Waals surface area contributed by atoms with E-state index in [1.165, 1.54) is 18.2 Å². The van der Waals surface area contributed by atoms with Crippen LogP contribution in [0.4, 0.5) is 4.39 Å². The average Bonchev–Trinajstić information content (AvgIpc) is 3.79. The van der Waals surface area contributed by atoms with Crippen molar-refractivity contribution >= 4 is 5.97 Å². The third-order valence-corrected chi connectivity index (χ3v) is 9.64. The van der Waals surface area contributed by atoms with E-state index in [-0.39, 0.29) is 23.3 Å². The Kier molecular flexibility index (Phi) is 7.86. The number of carbonyl (C=O) groups is 1. The Labute approximate surface area is 249 Å². The quantitative estimate of drug-likeness (QED) is 0.297. The van der Waals surface area contributed by atoms with Crippen molar-refractivity contribution in [3.05, 3.63) is 82.4 Å². The van der Waals surface area contributed by atoms with Crippen LogP contribution in [0.3, 0.4) is 0 Å². The minimum Gasteiger partial charge on any atom is -0.485 e. The molecule has 1 N–H and O–H groups in total. The van der Waals surface area contributed by atoms with E-state index in [9.17, 15) is 9.90 Å². The molecule has 42 heavy (non-hydrogen) atoms. The molecule has 3 atom stereocenters. The van der Waals surface area contributed by atoms with E-state index in [0.717, 1.165) is 85.4 Å². The Balaban J connectivity index is 1.32. The number of likely N-dealkylation sites (tertiary alicyclic amines) is 1. The molecular weight excluding hydrogens is 527 g/mol. The number of aromatic nitrogens is 1. The molecule has 1 saturated carbocycles. The molecule has 2 aromatic carbocycles. The summed E-state index contributed by atoms with van der Waals surface area (Å²) in [5.74, 6) is -0.164. The van der Waals surface area contributed by atoms with Gasteiger partial charge in [0, 0.05) is 24.3 Å². The third kappa shape index (κ3) is 6.10. The number of fused-ring (bicyclic) bond motifs is 1. The van der Waals surface area contributed by atoms with Crippen LogP contribution in [0.1, 0.15) is 92.8 Å². The summed E-state index contributed by atoms with van der Waals surface area (Å²) in [7, 11) is 0. The van der Waals surface area contributed by atoms with Gasteiger partial charge in [0.1, 0.15) is 17.7 Å². The molecule has 3 aliphatic rings. The van der Waals surface area contributed by atoms with Gasteiger partial charge in [0.15, 0.2) is 0 Å². The van der Waals surface area contributed by atoms with Crippen molar-refractivity contribution in [2.45, 2.75) is 84.8 Å². The van der Waals surface area contributed by atoms with E-state index in [0.29, 0.717) is 11.5 Å². The average molecular weight is 571 g/mol. The monoisotopic (exact) mass is 570 g/mol. The highest BCUT2D eigenvalue weighted by Crippen LogP contribution is 2.48. The number of carboxylic acid groups (broad SMARTS) is 1. The lowest BCUT2D eigenvalue weighted by Gasteiger charge is -2.38. The van der Waals surface area contributed by atoms with Gasteiger partial charge in [-0.2, -0.15) is 0 Å². The number of aliphatic carboxylic acids is 1. The van der Waals surface area contributed by atoms with Crippen LogP contribution >= 0.6 is 0 Å². The van der Waals surface area contributed by atoms with E-state index in [1.807, 2.05) is 19.9 Å². The molecule has 1 unspecified atom stereocenters. The number of benzene rings is 2. The van der Waals surface area contributed by atoms with E-state index >= 15 is 4.39 Å². The number of pyridine rings is 1. The number of piperidine rings is 1. The molecule has 6 heteroatoms. The van der Waals surface area contributed by atoms with Gasteiger partial charge in [-0.15, -0.1) is 0 Å². The fraction of sp³-hybridized carbons (Fsp3) is 0.500. The first-order valence-electron chi connectivity index (χ1n) is 15.6. The minimum absolute atomic E-state index is 0.00942. The van der Waals surface area contributed by atoms with Gasteiger partial charge in [-0.3, -0.25) is 14.7 Å². The van der Waals surface area contributed by atoms with Gasteiger partial charge >= 0.3 is 5.97 Å². The molecule has 0 radical (unpaired) electrons. The molecule has 5 nitrogen and oxygen atoms in total. The summed E-state index contributed by atoms with van der Waals surface area (Å²) in [5, 5.41) is 9.77. The summed E-state index contributed by atoms with van der Waals surface area (Å²) in [6, 6.07) is 14.6. The molecular formula is C36H43FN2O3. The summed E-state index contributed by atoms with van der Waals surface area (Å²) >= 11 is 0. The predicted octanol–water partition coefficient (Wildman–Crippen LogP) is 8.10. The summed E-state index contributed by atoms with van der Waals surface area (Å²) in [5.41, 5.74) is 7.03. The smallest absolute Gasteiger partial charge is 0.306 e. The number of aryl methyl sites for hydroxylation is 2. The first-order valence-corrected chi connectivity index (χ1v) is 15.6. The van der Waals surface area contributed by atoms with Gasteiger partial charge in [0.25, 0.3) is 0 Å². The molecule has 0 spiro atoms. The molecule has 6 rings (SSSR count). The minimum atomic E-state index is -0.742. The van der Waals surface area contributed by atoms with Gasteiger partial charge in [0.05, 0.1) is 12.1 Å². The lowest BCUT2D eigenvalue weighted by atomic mass is 9.82. The van der Waals surface area contributed by atoms with Gasteiger partial charge in [-0.05, 0) is 109 Å². The van der Waals surface area contributed by atoms with Crippen LogP contribution < -0.4 is 4.74 Å². The second-order valence-corrected chi connectivity index (χ2v) is 13.7. The first-order chi connectivity index (χ1) is 20.1. The van der Waals surface area contributed by atoms with Gasteiger partial charge in [-0.25, -0.2) is 4.39 Å². The maximum absolute atomic E-state index is 15.1. The van der Waals surface area contributed by atoms with Crippen molar-refractivity contribution in [3.8, 4) is 16.9 Å². The summed E-state index contributed by atoms with van der Waals surface area (Å²) in [4.78, 5) is 18.6. The predicted molar refractivity (Wildman–Crippen MR) is 163 cm³/mol. The van der Waals surface area contributed by atoms with Crippen molar-refractivity contribution < 1.29 is 19.0 Å². The maximum atomic E-state index is 15.1. The van der Waals surface area contributed by atoms with Crippen molar-refractivity contribution in [3.63, 3.8) is 0 Å². The molecule has 1 aliphatic carbocycles. The highest BCUT2D eigenvalue weighted by atomic mass is 19.1. The van der Waals surface area contributed by atoms with Crippen molar-refractivity contribution in [1.82, 2.24) is 9.88 Å². The zero-order valence-electron chi connectivity index (χ0n) is 25.3. The van der Waals surface area contributed by atoms with Crippen molar-refractivity contribution in [1.29, 1.82) is 0 Å². The highest BCUT2D eigenvalue weighted by molar-refractivity contribution is 5.71. The molecule has 3 aromatic rings. The second-order valence-electron chi connectivity index (χ2n) is 13.7.